The molecule has 4 aromatic carbocycles. The van der Waals surface area contributed by atoms with Gasteiger partial charge in [-0.2, -0.15) is 0 Å². The SMILES string of the molecule is CC(=O)N1CCN(C(=O)C=Cc2ccc(Sc3ccc(C=CC(=O)N4CCN(C(C)=O)CC4)c(-c4ccc5c(ccn5CC(=O)O)c4)c3Cl)c(Cl)c2-c2ccc3c(ccn3CC(=O)O)c2)CC1. The Bertz CT molecular complexity index is 2830. The number of carboxylic acids is 2. The lowest BCUT2D eigenvalue weighted by Gasteiger charge is -2.33. The molecular formula is C50H46Cl2N6O8S. The van der Waals surface area contributed by atoms with Crippen molar-refractivity contribution < 1.29 is 39.0 Å². The van der Waals surface area contributed by atoms with Gasteiger partial charge in [-0.15, -0.1) is 0 Å². The van der Waals surface area contributed by atoms with E-state index in [0.29, 0.717) is 94.4 Å². The highest BCUT2D eigenvalue weighted by Crippen LogP contribution is 2.47. The van der Waals surface area contributed by atoms with Crippen LogP contribution in [0.25, 0.3) is 56.2 Å². The molecule has 0 atom stereocenters. The molecule has 344 valence electrons. The summed E-state index contributed by atoms with van der Waals surface area (Å²) >= 11 is 16.2. The van der Waals surface area contributed by atoms with Crippen LogP contribution in [0.5, 0.6) is 0 Å². The van der Waals surface area contributed by atoms with Crippen LogP contribution in [0.4, 0.5) is 0 Å². The molecule has 17 heteroatoms. The summed E-state index contributed by atoms with van der Waals surface area (Å²) in [5, 5.41) is 21.3. The molecule has 2 N–H and O–H groups in total. The van der Waals surface area contributed by atoms with Gasteiger partial charge in [-0.1, -0.05) is 59.2 Å². The highest BCUT2D eigenvalue weighted by Gasteiger charge is 2.24. The van der Waals surface area contributed by atoms with Crippen LogP contribution in [-0.4, -0.2) is 127 Å². The van der Waals surface area contributed by atoms with Crippen LogP contribution in [0.2, 0.25) is 10.0 Å². The summed E-state index contributed by atoms with van der Waals surface area (Å²) in [6.07, 6.45) is 9.91. The zero-order valence-corrected chi connectivity index (χ0v) is 39.0. The second kappa shape index (κ2) is 20.0. The largest absolute Gasteiger partial charge is 0.480 e. The van der Waals surface area contributed by atoms with Crippen molar-refractivity contribution >= 4 is 104 Å². The topological polar surface area (TPSA) is 166 Å². The van der Waals surface area contributed by atoms with Gasteiger partial charge in [0.1, 0.15) is 13.1 Å². The number of rotatable bonds is 12. The van der Waals surface area contributed by atoms with Crippen LogP contribution in [0.1, 0.15) is 25.0 Å². The zero-order chi connectivity index (χ0) is 47.5. The summed E-state index contributed by atoms with van der Waals surface area (Å²) in [6.45, 7) is 6.08. The average molecular weight is 962 g/mol. The number of benzene rings is 4. The standard InChI is InChI=1S/C50H46Cl2N6O8S/c1-31(59)53-19-23-55(24-20-53)43(61)13-7-33-5-11-41(49(51)47(33)37-3-9-39-35(27-37)15-17-57(39)29-45(63)64)67-42-12-6-34(8-14-44(62)56-25-21-54(22-26-56)32(2)60)48(50(42)52)38-4-10-40-36(28-38)16-18-58(40)30-46(65)66/h3-18,27-28H,19-26,29-30H2,1-2H3,(H,63,64)(H,65,66). The molecule has 2 fully saturated rings. The van der Waals surface area contributed by atoms with Crippen LogP contribution in [0, 0.1) is 0 Å². The molecule has 2 aliphatic heterocycles. The number of halogens is 2. The number of nitrogens with zero attached hydrogens (tertiary/aromatic N) is 6. The van der Waals surface area contributed by atoms with Gasteiger partial charge in [-0.3, -0.25) is 28.8 Å². The normalized spacial score (nSPS) is 14.5. The quantitative estimate of drug-likeness (QED) is 0.116. The van der Waals surface area contributed by atoms with Crippen molar-refractivity contribution in [3.05, 3.63) is 119 Å². The minimum Gasteiger partial charge on any atom is -0.480 e. The van der Waals surface area contributed by atoms with E-state index in [1.807, 2.05) is 72.8 Å². The molecule has 0 saturated carbocycles. The molecule has 0 aliphatic carbocycles. The minimum absolute atomic E-state index is 0.0307. The predicted molar refractivity (Wildman–Crippen MR) is 260 cm³/mol. The highest BCUT2D eigenvalue weighted by atomic mass is 35.5. The third kappa shape index (κ3) is 10.3. The summed E-state index contributed by atoms with van der Waals surface area (Å²) in [5.41, 5.74) is 5.53. The number of hydrogen-bond donors (Lipinski definition) is 2. The van der Waals surface area contributed by atoms with Crippen molar-refractivity contribution in [3.63, 3.8) is 0 Å². The molecule has 0 unspecified atom stereocenters. The maximum atomic E-state index is 13.5. The number of amides is 4. The number of hydrogen-bond acceptors (Lipinski definition) is 7. The third-order valence-corrected chi connectivity index (χ3v) is 14.2. The molecule has 2 aromatic heterocycles. The fourth-order valence-electron chi connectivity index (χ4n) is 8.58. The summed E-state index contributed by atoms with van der Waals surface area (Å²) in [5.74, 6) is -2.40. The van der Waals surface area contributed by atoms with Crippen molar-refractivity contribution in [1.29, 1.82) is 0 Å². The monoisotopic (exact) mass is 960 g/mol. The first-order valence-corrected chi connectivity index (χ1v) is 23.1. The van der Waals surface area contributed by atoms with E-state index in [2.05, 4.69) is 0 Å². The lowest BCUT2D eigenvalue weighted by Crippen LogP contribution is -2.49. The number of carbonyl (C=O) groups excluding carboxylic acids is 4. The average Bonchev–Trinajstić information content (AvgIpc) is 3.90. The van der Waals surface area contributed by atoms with E-state index in [9.17, 15) is 39.0 Å². The van der Waals surface area contributed by atoms with Gasteiger partial charge in [-0.05, 0) is 82.9 Å². The summed E-state index contributed by atoms with van der Waals surface area (Å²) in [4.78, 5) is 82.0. The van der Waals surface area contributed by atoms with Gasteiger partial charge in [0.15, 0.2) is 0 Å². The van der Waals surface area contributed by atoms with Gasteiger partial charge in [0, 0.05) is 133 Å². The Kier molecular flexibility index (Phi) is 13.9. The molecule has 6 aromatic rings. The lowest BCUT2D eigenvalue weighted by atomic mass is 9.97. The van der Waals surface area contributed by atoms with E-state index in [1.54, 1.807) is 53.3 Å². The Morgan fingerprint density at radius 1 is 0.537 bits per heavy atom. The molecular weight excluding hydrogens is 916 g/mol. The van der Waals surface area contributed by atoms with E-state index in [-0.39, 0.29) is 36.7 Å². The number of piperazine rings is 2. The number of carbonyl (C=O) groups is 6. The van der Waals surface area contributed by atoms with Crippen LogP contribution in [0.3, 0.4) is 0 Å². The zero-order valence-electron chi connectivity index (χ0n) is 36.7. The number of aliphatic carboxylic acids is 2. The Labute approximate surface area is 400 Å². The molecule has 67 heavy (non-hydrogen) atoms. The summed E-state index contributed by atoms with van der Waals surface area (Å²) in [6, 6.07) is 22.4. The van der Waals surface area contributed by atoms with Gasteiger partial charge < -0.3 is 38.9 Å². The first-order chi connectivity index (χ1) is 32.1. The lowest BCUT2D eigenvalue weighted by molar-refractivity contribution is -0.138. The number of aromatic nitrogens is 2. The van der Waals surface area contributed by atoms with Crippen molar-refractivity contribution in [3.8, 4) is 22.3 Å². The molecule has 2 aliphatic rings. The molecule has 0 radical (unpaired) electrons. The van der Waals surface area contributed by atoms with Crippen molar-refractivity contribution in [1.82, 2.24) is 28.7 Å². The molecule has 4 heterocycles. The van der Waals surface area contributed by atoms with Crippen molar-refractivity contribution in [2.45, 2.75) is 36.7 Å². The van der Waals surface area contributed by atoms with Gasteiger partial charge in [-0.25, -0.2) is 0 Å². The van der Waals surface area contributed by atoms with E-state index in [4.69, 9.17) is 23.2 Å². The van der Waals surface area contributed by atoms with E-state index in [1.165, 1.54) is 37.8 Å². The predicted octanol–water partition coefficient (Wildman–Crippen LogP) is 7.97. The molecule has 0 spiro atoms. The van der Waals surface area contributed by atoms with Gasteiger partial charge in [0.25, 0.3) is 0 Å². The highest BCUT2D eigenvalue weighted by molar-refractivity contribution is 7.99. The van der Waals surface area contributed by atoms with Crippen LogP contribution >= 0.6 is 35.0 Å². The Balaban J connectivity index is 1.17. The fourth-order valence-corrected chi connectivity index (χ4v) is 10.3. The van der Waals surface area contributed by atoms with Gasteiger partial charge in [0.05, 0.1) is 10.0 Å². The third-order valence-electron chi connectivity index (χ3n) is 12.1. The molecule has 2 saturated heterocycles. The second-order valence-electron chi connectivity index (χ2n) is 16.3. The van der Waals surface area contributed by atoms with Crippen LogP contribution in [0.15, 0.2) is 107 Å². The molecule has 4 amide bonds. The van der Waals surface area contributed by atoms with Crippen LogP contribution in [-0.2, 0) is 41.9 Å². The van der Waals surface area contributed by atoms with Gasteiger partial charge in [0.2, 0.25) is 23.6 Å². The van der Waals surface area contributed by atoms with Crippen molar-refractivity contribution in [2.24, 2.45) is 0 Å². The minimum atomic E-state index is -0.968. The maximum Gasteiger partial charge on any atom is 0.323 e. The Morgan fingerprint density at radius 2 is 0.910 bits per heavy atom. The van der Waals surface area contributed by atoms with Crippen molar-refractivity contribution in [2.75, 3.05) is 52.4 Å². The smallest absolute Gasteiger partial charge is 0.323 e. The van der Waals surface area contributed by atoms with E-state index >= 15 is 0 Å². The molecule has 0 bridgehead atoms. The van der Waals surface area contributed by atoms with E-state index in [0.717, 1.165) is 32.9 Å². The number of carboxylic acid groups (broad SMARTS) is 2. The van der Waals surface area contributed by atoms with E-state index < -0.39 is 11.9 Å². The molecule has 8 rings (SSSR count). The fraction of sp³-hybridized carbons (Fsp3) is 0.240. The second-order valence-corrected chi connectivity index (χ2v) is 18.2. The first kappa shape index (κ1) is 46.7. The Morgan fingerprint density at radius 3 is 1.27 bits per heavy atom. The number of fused-ring (bicyclic) bond motifs is 2. The summed E-state index contributed by atoms with van der Waals surface area (Å²) < 4.78 is 3.30. The summed E-state index contributed by atoms with van der Waals surface area (Å²) in [7, 11) is 0. The first-order valence-electron chi connectivity index (χ1n) is 21.5. The van der Waals surface area contributed by atoms with Crippen LogP contribution < -0.4 is 0 Å². The molecule has 14 nitrogen and oxygen atoms in total. The van der Waals surface area contributed by atoms with Gasteiger partial charge >= 0.3 is 11.9 Å². The maximum absolute atomic E-state index is 13.5. The Hall–Kier alpha value is -6.81.